The highest BCUT2D eigenvalue weighted by Gasteiger charge is 2.30. The number of alkyl halides is 3. The molecule has 0 aromatic heterocycles. The van der Waals surface area contributed by atoms with Gasteiger partial charge < -0.3 is 0 Å². The lowest BCUT2D eigenvalue weighted by Gasteiger charge is -2.12. The first-order valence-electron chi connectivity index (χ1n) is 5.06. The number of hydrogen-bond acceptors (Lipinski definition) is 4. The van der Waals surface area contributed by atoms with Crippen LogP contribution in [-0.2, 0) is 6.18 Å². The predicted octanol–water partition coefficient (Wildman–Crippen LogP) is 1.71. The zero-order valence-corrected chi connectivity index (χ0v) is 9.04. The minimum atomic E-state index is -4.31. The van der Waals surface area contributed by atoms with Crippen LogP contribution >= 0.6 is 0 Å². The van der Waals surface area contributed by atoms with Crippen LogP contribution in [0.2, 0.25) is 0 Å². The highest BCUT2D eigenvalue weighted by atomic mass is 19.4. The topological polar surface area (TPSA) is 39.7 Å². The fourth-order valence-corrected chi connectivity index (χ4v) is 1.38. The van der Waals surface area contributed by atoms with Gasteiger partial charge >= 0.3 is 6.18 Å². The first-order valence-corrected chi connectivity index (χ1v) is 5.06. The van der Waals surface area contributed by atoms with Gasteiger partial charge in [-0.2, -0.15) is 13.2 Å². The number of nitrogens with one attached hydrogen (secondary N) is 2. The maximum Gasteiger partial charge on any atom is 0.416 e. The van der Waals surface area contributed by atoms with Gasteiger partial charge in [0.05, 0.1) is 5.56 Å². The van der Waals surface area contributed by atoms with Gasteiger partial charge in [-0.1, -0.05) is 12.1 Å². The molecule has 0 atom stereocenters. The van der Waals surface area contributed by atoms with Gasteiger partial charge in [0.2, 0.25) is 0 Å². The van der Waals surface area contributed by atoms with Crippen LogP contribution in [0.1, 0.15) is 18.1 Å². The Morgan fingerprint density at radius 2 is 1.88 bits per heavy atom. The molecule has 1 aromatic rings. The van der Waals surface area contributed by atoms with Crippen LogP contribution < -0.4 is 11.0 Å². The van der Waals surface area contributed by atoms with Crippen molar-refractivity contribution in [2.24, 2.45) is 5.10 Å². The second-order valence-corrected chi connectivity index (χ2v) is 3.49. The number of amidine groups is 1. The third-order valence-corrected chi connectivity index (χ3v) is 2.33. The summed E-state index contributed by atoms with van der Waals surface area (Å²) >= 11 is 0. The lowest BCUT2D eigenvalue weighted by molar-refractivity contribution is -0.137. The average molecular weight is 244 g/mol. The van der Waals surface area contributed by atoms with Crippen LogP contribution in [0.3, 0.4) is 0 Å². The van der Waals surface area contributed by atoms with Crippen molar-refractivity contribution in [2.75, 3.05) is 6.54 Å². The molecule has 0 saturated carbocycles. The van der Waals surface area contributed by atoms with E-state index in [1.807, 2.05) is 6.92 Å². The van der Waals surface area contributed by atoms with Crippen molar-refractivity contribution < 1.29 is 13.2 Å². The first-order chi connectivity index (χ1) is 8.00. The summed E-state index contributed by atoms with van der Waals surface area (Å²) in [6, 6.07) is 4.84. The molecular formula is C10H11F3N4. The van der Waals surface area contributed by atoms with Crippen LogP contribution in [0.5, 0.6) is 0 Å². The summed E-state index contributed by atoms with van der Waals surface area (Å²) in [6.07, 6.45) is -4.31. The van der Waals surface area contributed by atoms with E-state index in [-0.39, 0.29) is 0 Å². The van der Waals surface area contributed by atoms with Crippen molar-refractivity contribution in [3.05, 3.63) is 35.4 Å². The van der Waals surface area contributed by atoms with Gasteiger partial charge in [-0.3, -0.25) is 5.43 Å². The molecule has 0 bridgehead atoms. The fraction of sp³-hybridized carbons (Fsp3) is 0.300. The molecule has 0 aliphatic carbocycles. The molecule has 0 saturated heterocycles. The lowest BCUT2D eigenvalue weighted by Crippen LogP contribution is -2.41. The Morgan fingerprint density at radius 1 is 1.24 bits per heavy atom. The van der Waals surface area contributed by atoms with Crippen molar-refractivity contribution in [1.29, 1.82) is 0 Å². The van der Waals surface area contributed by atoms with E-state index in [1.54, 1.807) is 5.12 Å². The summed E-state index contributed by atoms with van der Waals surface area (Å²) in [5, 5.41) is 5.57. The molecule has 4 nitrogen and oxygen atoms in total. The number of benzene rings is 1. The standard InChI is InChI=1S/C10H11F3N4/c1-2-17-15-9(14-16-17)7-3-5-8(6-4-7)10(11,12)13/h3-6,16H,2H2,1H3,(H,14,15). The zero-order valence-electron chi connectivity index (χ0n) is 9.04. The van der Waals surface area contributed by atoms with Gasteiger partial charge in [0, 0.05) is 12.1 Å². The SMILES string of the molecule is CCN1NN=C(c2ccc(C(F)(F)F)cc2)N1. The Morgan fingerprint density at radius 3 is 2.35 bits per heavy atom. The van der Waals surface area contributed by atoms with E-state index in [1.165, 1.54) is 12.1 Å². The highest BCUT2D eigenvalue weighted by Crippen LogP contribution is 2.29. The summed E-state index contributed by atoms with van der Waals surface area (Å²) < 4.78 is 37.0. The molecular weight excluding hydrogens is 233 g/mol. The van der Waals surface area contributed by atoms with Gasteiger partial charge in [-0.05, 0) is 19.1 Å². The van der Waals surface area contributed by atoms with Crippen LogP contribution in [0, 0.1) is 0 Å². The number of halogens is 3. The molecule has 1 aliphatic rings. The van der Waals surface area contributed by atoms with Gasteiger partial charge in [-0.15, -0.1) is 10.2 Å². The second kappa shape index (κ2) is 4.25. The number of hydrazine groups is 2. The van der Waals surface area contributed by atoms with Crippen LogP contribution in [0.25, 0.3) is 0 Å². The third-order valence-electron chi connectivity index (χ3n) is 2.33. The van der Waals surface area contributed by atoms with Crippen LogP contribution in [0.15, 0.2) is 29.4 Å². The Kier molecular flexibility index (Phi) is 2.93. The maximum atomic E-state index is 12.3. The summed E-state index contributed by atoms with van der Waals surface area (Å²) in [4.78, 5) is 0. The van der Waals surface area contributed by atoms with E-state index in [4.69, 9.17) is 0 Å². The normalized spacial score (nSPS) is 16.4. The minimum Gasteiger partial charge on any atom is -0.282 e. The van der Waals surface area contributed by atoms with E-state index >= 15 is 0 Å². The molecule has 17 heavy (non-hydrogen) atoms. The molecule has 0 fully saturated rings. The van der Waals surface area contributed by atoms with Crippen molar-refractivity contribution >= 4 is 5.84 Å². The quantitative estimate of drug-likeness (QED) is 0.832. The van der Waals surface area contributed by atoms with Crippen molar-refractivity contribution in [1.82, 2.24) is 16.1 Å². The van der Waals surface area contributed by atoms with Crippen molar-refractivity contribution in [3.63, 3.8) is 0 Å². The van der Waals surface area contributed by atoms with E-state index in [2.05, 4.69) is 16.1 Å². The summed E-state index contributed by atoms with van der Waals surface area (Å²) in [6.45, 7) is 2.58. The van der Waals surface area contributed by atoms with E-state index in [0.29, 0.717) is 17.9 Å². The number of hydrogen-bond donors (Lipinski definition) is 2. The first kappa shape index (κ1) is 11.7. The molecule has 0 spiro atoms. The predicted molar refractivity (Wildman–Crippen MR) is 56.6 cm³/mol. The van der Waals surface area contributed by atoms with Gasteiger partial charge in [0.1, 0.15) is 0 Å². The van der Waals surface area contributed by atoms with Crippen LogP contribution in [-0.4, -0.2) is 17.5 Å². The van der Waals surface area contributed by atoms with Crippen molar-refractivity contribution in [2.45, 2.75) is 13.1 Å². The Labute approximate surface area is 96.0 Å². The minimum absolute atomic E-state index is 0.501. The monoisotopic (exact) mass is 244 g/mol. The smallest absolute Gasteiger partial charge is 0.282 e. The molecule has 1 aromatic carbocycles. The van der Waals surface area contributed by atoms with E-state index in [9.17, 15) is 13.2 Å². The molecule has 2 rings (SSSR count). The highest BCUT2D eigenvalue weighted by molar-refractivity contribution is 5.98. The van der Waals surface area contributed by atoms with Gasteiger partial charge in [0.15, 0.2) is 5.84 Å². The summed E-state index contributed by atoms with van der Waals surface area (Å²) in [5.74, 6) is 0.501. The Balaban J connectivity index is 2.14. The number of nitrogens with zero attached hydrogens (tertiary/aromatic N) is 2. The van der Waals surface area contributed by atoms with E-state index < -0.39 is 11.7 Å². The maximum absolute atomic E-state index is 12.3. The molecule has 0 amide bonds. The summed E-state index contributed by atoms with van der Waals surface area (Å²) in [5.41, 5.74) is 5.53. The third kappa shape index (κ3) is 2.50. The Hall–Kier alpha value is -1.76. The van der Waals surface area contributed by atoms with Crippen LogP contribution in [0.4, 0.5) is 13.2 Å². The molecule has 2 N–H and O–H groups in total. The zero-order chi connectivity index (χ0) is 12.5. The lowest BCUT2D eigenvalue weighted by atomic mass is 10.1. The summed E-state index contributed by atoms with van der Waals surface area (Å²) in [7, 11) is 0. The second-order valence-electron chi connectivity index (χ2n) is 3.49. The molecule has 0 unspecified atom stereocenters. The largest absolute Gasteiger partial charge is 0.416 e. The van der Waals surface area contributed by atoms with Gasteiger partial charge in [-0.25, -0.2) is 5.53 Å². The molecule has 0 radical (unpaired) electrons. The number of hydrazone groups is 1. The Bertz CT molecular complexity index is 424. The molecule has 7 heteroatoms. The fourth-order valence-electron chi connectivity index (χ4n) is 1.38. The average Bonchev–Trinajstić information content (AvgIpc) is 2.76. The molecule has 1 heterocycles. The van der Waals surface area contributed by atoms with E-state index in [0.717, 1.165) is 12.1 Å². The number of rotatable bonds is 2. The van der Waals surface area contributed by atoms with Gasteiger partial charge in [0.25, 0.3) is 0 Å². The molecule has 92 valence electrons. The molecule has 1 aliphatic heterocycles. The van der Waals surface area contributed by atoms with Crippen molar-refractivity contribution in [3.8, 4) is 0 Å².